The Labute approximate surface area is 110 Å². The van der Waals surface area contributed by atoms with E-state index in [9.17, 15) is 13.2 Å². The highest BCUT2D eigenvalue weighted by molar-refractivity contribution is 5.29. The summed E-state index contributed by atoms with van der Waals surface area (Å²) in [4.78, 5) is 0. The van der Waals surface area contributed by atoms with Crippen molar-refractivity contribution in [3.8, 4) is 0 Å². The van der Waals surface area contributed by atoms with Crippen molar-refractivity contribution in [1.82, 2.24) is 15.2 Å². The number of hydrogen-bond acceptors (Lipinski definition) is 2. The van der Waals surface area contributed by atoms with Crippen molar-refractivity contribution in [3.05, 3.63) is 23.5 Å². The van der Waals surface area contributed by atoms with Crippen LogP contribution in [0.25, 0.3) is 0 Å². The van der Waals surface area contributed by atoms with Crippen LogP contribution in [0.2, 0.25) is 0 Å². The fourth-order valence-electron chi connectivity index (χ4n) is 3.49. The van der Waals surface area contributed by atoms with Gasteiger partial charge in [-0.15, -0.1) is 0 Å². The van der Waals surface area contributed by atoms with Gasteiger partial charge in [-0.1, -0.05) is 6.92 Å². The van der Waals surface area contributed by atoms with Crippen LogP contribution in [0.4, 0.5) is 13.2 Å². The second-order valence-electron chi connectivity index (χ2n) is 5.51. The zero-order valence-electron chi connectivity index (χ0n) is 10.8. The summed E-state index contributed by atoms with van der Waals surface area (Å²) in [6.07, 6.45) is -3.44. The van der Waals surface area contributed by atoms with Crippen molar-refractivity contribution in [2.24, 2.45) is 5.92 Å². The SMILES string of the molecule is CC1CNCCC12NCCn1c(C(F)(F)F)ccc12. The fourth-order valence-corrected chi connectivity index (χ4v) is 3.49. The molecule has 3 rings (SSSR count). The number of rotatable bonds is 0. The molecule has 1 aromatic heterocycles. The van der Waals surface area contributed by atoms with Crippen LogP contribution in [-0.2, 0) is 18.3 Å². The van der Waals surface area contributed by atoms with E-state index >= 15 is 0 Å². The van der Waals surface area contributed by atoms with Gasteiger partial charge in [0.05, 0.1) is 5.54 Å². The van der Waals surface area contributed by atoms with Crippen LogP contribution in [0.3, 0.4) is 0 Å². The summed E-state index contributed by atoms with van der Waals surface area (Å²) in [5, 5.41) is 6.78. The van der Waals surface area contributed by atoms with E-state index in [1.807, 2.05) is 0 Å². The van der Waals surface area contributed by atoms with E-state index < -0.39 is 11.9 Å². The molecular weight excluding hydrogens is 255 g/mol. The van der Waals surface area contributed by atoms with Crippen molar-refractivity contribution in [1.29, 1.82) is 0 Å². The third-order valence-electron chi connectivity index (χ3n) is 4.49. The third-order valence-corrected chi connectivity index (χ3v) is 4.49. The molecule has 1 aromatic rings. The molecule has 0 radical (unpaired) electrons. The molecule has 3 heterocycles. The number of halogens is 3. The molecule has 2 atom stereocenters. The molecule has 1 fully saturated rings. The Morgan fingerprint density at radius 1 is 1.32 bits per heavy atom. The summed E-state index contributed by atoms with van der Waals surface area (Å²) in [7, 11) is 0. The molecule has 0 aromatic carbocycles. The van der Waals surface area contributed by atoms with Crippen molar-refractivity contribution < 1.29 is 13.2 Å². The van der Waals surface area contributed by atoms with Crippen LogP contribution in [0.1, 0.15) is 24.7 Å². The summed E-state index contributed by atoms with van der Waals surface area (Å²) in [5.41, 5.74) is -0.0401. The molecule has 1 saturated heterocycles. The first-order chi connectivity index (χ1) is 8.95. The van der Waals surface area contributed by atoms with Crippen LogP contribution in [0, 0.1) is 5.92 Å². The molecule has 19 heavy (non-hydrogen) atoms. The molecule has 0 amide bonds. The van der Waals surface area contributed by atoms with Crippen LogP contribution in [-0.4, -0.2) is 24.2 Å². The lowest BCUT2D eigenvalue weighted by molar-refractivity contribution is -0.144. The molecule has 6 heteroatoms. The molecule has 2 unspecified atom stereocenters. The van der Waals surface area contributed by atoms with Gasteiger partial charge < -0.3 is 15.2 Å². The Balaban J connectivity index is 2.08. The van der Waals surface area contributed by atoms with E-state index in [-0.39, 0.29) is 11.5 Å². The lowest BCUT2D eigenvalue weighted by Crippen LogP contribution is -2.59. The number of hydrogen-bond donors (Lipinski definition) is 2. The van der Waals surface area contributed by atoms with Crippen LogP contribution in [0.15, 0.2) is 12.1 Å². The zero-order valence-corrected chi connectivity index (χ0v) is 10.8. The molecule has 2 aliphatic heterocycles. The quantitative estimate of drug-likeness (QED) is 0.756. The Morgan fingerprint density at radius 2 is 2.11 bits per heavy atom. The molecule has 0 bridgehead atoms. The number of aromatic nitrogens is 1. The standard InChI is InChI=1S/C13H18F3N3/c1-9-8-17-5-4-12(9)10-2-3-11(13(14,15)16)19(10)7-6-18-12/h2-3,9,17-18H,4-8H2,1H3. The van der Waals surface area contributed by atoms with E-state index in [0.29, 0.717) is 13.1 Å². The molecule has 106 valence electrons. The largest absolute Gasteiger partial charge is 0.431 e. The molecule has 3 nitrogen and oxygen atoms in total. The number of nitrogens with zero attached hydrogens (tertiary/aromatic N) is 1. The van der Waals surface area contributed by atoms with E-state index in [2.05, 4.69) is 17.6 Å². The van der Waals surface area contributed by atoms with Gasteiger partial charge in [0, 0.05) is 18.8 Å². The second-order valence-corrected chi connectivity index (χ2v) is 5.51. The Kier molecular flexibility index (Phi) is 2.90. The predicted octanol–water partition coefficient (Wildman–Crippen LogP) is 1.93. The first-order valence-corrected chi connectivity index (χ1v) is 6.68. The molecule has 2 aliphatic rings. The van der Waals surface area contributed by atoms with Gasteiger partial charge >= 0.3 is 6.18 Å². The average molecular weight is 273 g/mol. The second kappa shape index (κ2) is 4.24. The van der Waals surface area contributed by atoms with Crippen molar-refractivity contribution >= 4 is 0 Å². The van der Waals surface area contributed by atoms with Gasteiger partial charge in [-0.2, -0.15) is 13.2 Å². The van der Waals surface area contributed by atoms with Crippen LogP contribution >= 0.6 is 0 Å². The van der Waals surface area contributed by atoms with Crippen LogP contribution in [0.5, 0.6) is 0 Å². The highest BCUT2D eigenvalue weighted by Crippen LogP contribution is 2.41. The minimum atomic E-state index is -4.27. The van der Waals surface area contributed by atoms with Crippen LogP contribution < -0.4 is 10.6 Å². The smallest absolute Gasteiger partial charge is 0.338 e. The van der Waals surface area contributed by atoms with Gasteiger partial charge in [0.1, 0.15) is 5.69 Å². The van der Waals surface area contributed by atoms with Crippen molar-refractivity contribution in [2.45, 2.75) is 31.6 Å². The number of nitrogens with one attached hydrogen (secondary N) is 2. The average Bonchev–Trinajstić information content (AvgIpc) is 2.78. The summed E-state index contributed by atoms with van der Waals surface area (Å²) >= 11 is 0. The summed E-state index contributed by atoms with van der Waals surface area (Å²) in [5.74, 6) is 0.274. The molecular formula is C13H18F3N3. The molecule has 0 aliphatic carbocycles. The number of fused-ring (bicyclic) bond motifs is 2. The minimum Gasteiger partial charge on any atom is -0.338 e. The van der Waals surface area contributed by atoms with Gasteiger partial charge in [0.25, 0.3) is 0 Å². The van der Waals surface area contributed by atoms with E-state index in [1.54, 1.807) is 6.07 Å². The maximum Gasteiger partial charge on any atom is 0.431 e. The van der Waals surface area contributed by atoms with E-state index in [0.717, 1.165) is 25.2 Å². The van der Waals surface area contributed by atoms with Crippen molar-refractivity contribution in [2.75, 3.05) is 19.6 Å². The van der Waals surface area contributed by atoms with Gasteiger partial charge in [0.2, 0.25) is 0 Å². The first kappa shape index (κ1) is 13.0. The highest BCUT2D eigenvalue weighted by atomic mass is 19.4. The monoisotopic (exact) mass is 273 g/mol. The molecule has 2 N–H and O–H groups in total. The van der Waals surface area contributed by atoms with Crippen molar-refractivity contribution in [3.63, 3.8) is 0 Å². The Bertz CT molecular complexity index is 480. The minimum absolute atomic E-state index is 0.274. The topological polar surface area (TPSA) is 29.0 Å². The number of piperidine rings is 1. The lowest BCUT2D eigenvalue weighted by atomic mass is 9.76. The van der Waals surface area contributed by atoms with Gasteiger partial charge in [-0.25, -0.2) is 0 Å². The summed E-state index contributed by atoms with van der Waals surface area (Å²) in [6, 6.07) is 2.87. The van der Waals surface area contributed by atoms with Gasteiger partial charge in [0.15, 0.2) is 0 Å². The summed E-state index contributed by atoms with van der Waals surface area (Å²) < 4.78 is 40.5. The molecule has 0 saturated carbocycles. The Morgan fingerprint density at radius 3 is 2.79 bits per heavy atom. The number of alkyl halides is 3. The van der Waals surface area contributed by atoms with E-state index in [1.165, 1.54) is 10.6 Å². The van der Waals surface area contributed by atoms with Gasteiger partial charge in [-0.05, 0) is 37.6 Å². The van der Waals surface area contributed by atoms with E-state index in [4.69, 9.17) is 0 Å². The molecule has 1 spiro atoms. The predicted molar refractivity (Wildman–Crippen MR) is 65.8 cm³/mol. The first-order valence-electron chi connectivity index (χ1n) is 6.68. The normalized spacial score (nSPS) is 31.5. The third kappa shape index (κ3) is 1.89. The van der Waals surface area contributed by atoms with Gasteiger partial charge in [-0.3, -0.25) is 0 Å². The Hall–Kier alpha value is -1.01. The zero-order chi connectivity index (χ0) is 13.7. The maximum atomic E-state index is 13.0. The summed E-state index contributed by atoms with van der Waals surface area (Å²) in [6.45, 7) is 4.74. The fraction of sp³-hybridized carbons (Fsp3) is 0.692. The lowest BCUT2D eigenvalue weighted by Gasteiger charge is -2.47. The highest BCUT2D eigenvalue weighted by Gasteiger charge is 2.46. The maximum absolute atomic E-state index is 13.0.